The van der Waals surface area contributed by atoms with Gasteiger partial charge in [0.15, 0.2) is 0 Å². The summed E-state index contributed by atoms with van der Waals surface area (Å²) < 4.78 is 0. The molecule has 0 saturated carbocycles. The first-order valence-corrected chi connectivity index (χ1v) is 7.57. The lowest BCUT2D eigenvalue weighted by atomic mass is 9.99. The second-order valence-corrected chi connectivity index (χ2v) is 5.54. The van der Waals surface area contributed by atoms with E-state index in [1.807, 2.05) is 11.4 Å². The Hall–Kier alpha value is -0.870. The van der Waals surface area contributed by atoms with Crippen molar-refractivity contribution in [2.75, 3.05) is 6.54 Å². The molecule has 1 aromatic rings. The summed E-state index contributed by atoms with van der Waals surface area (Å²) >= 11 is 1.30. The van der Waals surface area contributed by atoms with E-state index >= 15 is 0 Å². The van der Waals surface area contributed by atoms with E-state index < -0.39 is 5.97 Å². The Morgan fingerprint density at radius 3 is 2.89 bits per heavy atom. The van der Waals surface area contributed by atoms with Gasteiger partial charge in [-0.3, -0.25) is 0 Å². The molecule has 0 aliphatic heterocycles. The highest BCUT2D eigenvalue weighted by atomic mass is 32.1. The monoisotopic (exact) mass is 269 g/mol. The number of nitrogens with one attached hydrogen (secondary N) is 1. The van der Waals surface area contributed by atoms with Crippen LogP contribution >= 0.6 is 11.3 Å². The zero-order chi connectivity index (χ0) is 13.4. The van der Waals surface area contributed by atoms with Crippen LogP contribution in [0.1, 0.15) is 54.8 Å². The molecule has 102 valence electrons. The van der Waals surface area contributed by atoms with Gasteiger partial charge in [-0.1, -0.05) is 33.1 Å². The third kappa shape index (κ3) is 4.78. The molecule has 0 fully saturated rings. The first kappa shape index (κ1) is 15.2. The van der Waals surface area contributed by atoms with Crippen LogP contribution in [0.3, 0.4) is 0 Å². The van der Waals surface area contributed by atoms with Crippen LogP contribution in [0.5, 0.6) is 0 Å². The normalized spacial score (nSPS) is 12.6. The smallest absolute Gasteiger partial charge is 0.346 e. The SMILES string of the molecule is CCCCC(CC)CNCc1ccsc1C(=O)O. The number of hydrogen-bond acceptors (Lipinski definition) is 3. The largest absolute Gasteiger partial charge is 0.477 e. The van der Waals surface area contributed by atoms with Crippen LogP contribution in [-0.2, 0) is 6.54 Å². The summed E-state index contributed by atoms with van der Waals surface area (Å²) in [4.78, 5) is 11.4. The molecular weight excluding hydrogens is 246 g/mol. The van der Waals surface area contributed by atoms with Crippen LogP contribution in [0.4, 0.5) is 0 Å². The van der Waals surface area contributed by atoms with Gasteiger partial charge in [0.1, 0.15) is 4.88 Å². The van der Waals surface area contributed by atoms with Gasteiger partial charge in [0.25, 0.3) is 0 Å². The van der Waals surface area contributed by atoms with Gasteiger partial charge in [-0.15, -0.1) is 11.3 Å². The molecule has 1 unspecified atom stereocenters. The Morgan fingerprint density at radius 2 is 2.28 bits per heavy atom. The topological polar surface area (TPSA) is 49.3 Å². The highest BCUT2D eigenvalue weighted by Crippen LogP contribution is 2.17. The average Bonchev–Trinajstić information content (AvgIpc) is 2.82. The Bertz CT molecular complexity index is 362. The molecule has 0 aliphatic rings. The molecule has 0 saturated heterocycles. The average molecular weight is 269 g/mol. The standard InChI is InChI=1S/C14H23NO2S/c1-3-5-6-11(4-2)9-15-10-12-7-8-18-13(12)14(16)17/h7-8,11,15H,3-6,9-10H2,1-2H3,(H,16,17). The molecule has 1 aromatic heterocycles. The van der Waals surface area contributed by atoms with E-state index in [2.05, 4.69) is 19.2 Å². The molecule has 0 aliphatic carbocycles. The van der Waals surface area contributed by atoms with Crippen LogP contribution in [0.25, 0.3) is 0 Å². The second kappa shape index (κ2) is 8.27. The zero-order valence-corrected chi connectivity index (χ0v) is 12.1. The second-order valence-electron chi connectivity index (χ2n) is 4.63. The van der Waals surface area contributed by atoms with Crippen LogP contribution in [0, 0.1) is 5.92 Å². The fourth-order valence-electron chi connectivity index (χ4n) is 2.02. The lowest BCUT2D eigenvalue weighted by molar-refractivity contribution is 0.0701. The van der Waals surface area contributed by atoms with Gasteiger partial charge in [0.2, 0.25) is 0 Å². The minimum atomic E-state index is -0.820. The lowest BCUT2D eigenvalue weighted by Crippen LogP contribution is -2.22. The van der Waals surface area contributed by atoms with Crippen molar-refractivity contribution in [3.05, 3.63) is 21.9 Å². The predicted molar refractivity (Wildman–Crippen MR) is 76.3 cm³/mol. The molecule has 0 bridgehead atoms. The highest BCUT2D eigenvalue weighted by Gasteiger charge is 2.11. The van der Waals surface area contributed by atoms with E-state index in [1.165, 1.54) is 37.0 Å². The Kier molecular flexibility index (Phi) is 6.98. The first-order valence-electron chi connectivity index (χ1n) is 6.69. The molecule has 1 rings (SSSR count). The molecule has 0 aromatic carbocycles. The summed E-state index contributed by atoms with van der Waals surface area (Å²) in [7, 11) is 0. The molecular formula is C14H23NO2S. The van der Waals surface area contributed by atoms with Crippen LogP contribution < -0.4 is 5.32 Å². The maximum Gasteiger partial charge on any atom is 0.346 e. The van der Waals surface area contributed by atoms with E-state index in [1.54, 1.807) is 0 Å². The lowest BCUT2D eigenvalue weighted by Gasteiger charge is -2.15. The van der Waals surface area contributed by atoms with E-state index in [0.29, 0.717) is 17.3 Å². The van der Waals surface area contributed by atoms with Gasteiger partial charge in [-0.05, 0) is 35.9 Å². The molecule has 0 spiro atoms. The van der Waals surface area contributed by atoms with Gasteiger partial charge in [0.05, 0.1) is 0 Å². The molecule has 0 amide bonds. The summed E-state index contributed by atoms with van der Waals surface area (Å²) in [6.07, 6.45) is 4.96. The van der Waals surface area contributed by atoms with Gasteiger partial charge >= 0.3 is 5.97 Å². The highest BCUT2D eigenvalue weighted by molar-refractivity contribution is 7.12. The fraction of sp³-hybridized carbons (Fsp3) is 0.643. The van der Waals surface area contributed by atoms with E-state index in [0.717, 1.165) is 12.1 Å². The van der Waals surface area contributed by atoms with Crippen molar-refractivity contribution in [3.8, 4) is 0 Å². The molecule has 1 atom stereocenters. The predicted octanol–water partition coefficient (Wildman–Crippen LogP) is 3.75. The number of carboxylic acids is 1. The maximum absolute atomic E-state index is 11.0. The molecule has 18 heavy (non-hydrogen) atoms. The summed E-state index contributed by atoms with van der Waals surface area (Å²) in [6.45, 7) is 6.07. The third-order valence-electron chi connectivity index (χ3n) is 3.23. The Labute approximate surface area is 113 Å². The van der Waals surface area contributed by atoms with E-state index in [4.69, 9.17) is 5.11 Å². The quantitative estimate of drug-likeness (QED) is 0.717. The summed E-state index contributed by atoms with van der Waals surface area (Å²) in [5, 5.41) is 14.2. The minimum absolute atomic E-state index is 0.462. The third-order valence-corrected chi connectivity index (χ3v) is 4.18. The molecule has 3 nitrogen and oxygen atoms in total. The zero-order valence-electron chi connectivity index (χ0n) is 11.2. The molecule has 4 heteroatoms. The number of hydrogen-bond donors (Lipinski definition) is 2. The number of aromatic carboxylic acids is 1. The van der Waals surface area contributed by atoms with Crippen molar-refractivity contribution in [1.29, 1.82) is 0 Å². The first-order chi connectivity index (χ1) is 8.69. The van der Waals surface area contributed by atoms with Crippen molar-refractivity contribution in [3.63, 3.8) is 0 Å². The Morgan fingerprint density at radius 1 is 1.50 bits per heavy atom. The van der Waals surface area contributed by atoms with Crippen LogP contribution in [0.2, 0.25) is 0 Å². The summed E-state index contributed by atoms with van der Waals surface area (Å²) in [5.41, 5.74) is 0.901. The van der Waals surface area contributed by atoms with Crippen molar-refractivity contribution in [2.45, 2.75) is 46.1 Å². The van der Waals surface area contributed by atoms with Crippen molar-refractivity contribution in [2.24, 2.45) is 5.92 Å². The fourth-order valence-corrected chi connectivity index (χ4v) is 2.78. The Balaban J connectivity index is 2.35. The molecule has 2 N–H and O–H groups in total. The number of thiophene rings is 1. The van der Waals surface area contributed by atoms with Crippen molar-refractivity contribution in [1.82, 2.24) is 5.32 Å². The minimum Gasteiger partial charge on any atom is -0.477 e. The van der Waals surface area contributed by atoms with Gasteiger partial charge in [0, 0.05) is 6.54 Å². The van der Waals surface area contributed by atoms with Gasteiger partial charge in [-0.2, -0.15) is 0 Å². The van der Waals surface area contributed by atoms with E-state index in [-0.39, 0.29) is 0 Å². The van der Waals surface area contributed by atoms with Gasteiger partial charge < -0.3 is 10.4 Å². The molecule has 0 radical (unpaired) electrons. The number of carbonyl (C=O) groups is 1. The van der Waals surface area contributed by atoms with E-state index in [9.17, 15) is 4.79 Å². The molecule has 1 heterocycles. The number of unbranched alkanes of at least 4 members (excludes halogenated alkanes) is 1. The van der Waals surface area contributed by atoms with Crippen LogP contribution in [-0.4, -0.2) is 17.6 Å². The van der Waals surface area contributed by atoms with Crippen molar-refractivity contribution < 1.29 is 9.90 Å². The summed E-state index contributed by atoms with van der Waals surface area (Å²) in [5.74, 6) is -0.114. The van der Waals surface area contributed by atoms with Crippen molar-refractivity contribution >= 4 is 17.3 Å². The number of carboxylic acid groups (broad SMARTS) is 1. The van der Waals surface area contributed by atoms with Crippen LogP contribution in [0.15, 0.2) is 11.4 Å². The number of rotatable bonds is 9. The summed E-state index contributed by atoms with van der Waals surface area (Å²) in [6, 6.07) is 1.90. The van der Waals surface area contributed by atoms with Gasteiger partial charge in [-0.25, -0.2) is 4.79 Å². The maximum atomic E-state index is 11.0.